The molecule has 3 aromatic carbocycles. The lowest BCUT2D eigenvalue weighted by molar-refractivity contribution is -0.112. The largest absolute Gasteiger partial charge is 0.378 e. The number of hydrogen-bond donors (Lipinski definition) is 1. The van der Waals surface area contributed by atoms with E-state index in [0.29, 0.717) is 15.7 Å². The Morgan fingerprint density at radius 2 is 1.62 bits per heavy atom. The van der Waals surface area contributed by atoms with Crippen LogP contribution in [0.5, 0.6) is 5.75 Å². The van der Waals surface area contributed by atoms with Crippen LogP contribution in [-0.4, -0.2) is 14.3 Å². The number of anilines is 1. The first-order chi connectivity index (χ1) is 15.2. The third-order valence-corrected chi connectivity index (χ3v) is 6.13. The van der Waals surface area contributed by atoms with Gasteiger partial charge >= 0.3 is 10.1 Å². The highest BCUT2D eigenvalue weighted by Gasteiger charge is 2.19. The second-order valence-electron chi connectivity index (χ2n) is 6.28. The summed E-state index contributed by atoms with van der Waals surface area (Å²) in [5.74, 6) is -0.866. The number of carbonyl (C=O) groups excluding carboxylic acids is 1. The van der Waals surface area contributed by atoms with E-state index in [-0.39, 0.29) is 26.8 Å². The van der Waals surface area contributed by atoms with E-state index < -0.39 is 16.0 Å². The van der Waals surface area contributed by atoms with Gasteiger partial charge in [0.05, 0.1) is 10.7 Å². The molecule has 32 heavy (non-hydrogen) atoms. The number of rotatable bonds is 6. The summed E-state index contributed by atoms with van der Waals surface area (Å²) in [6.45, 7) is 0. The van der Waals surface area contributed by atoms with Crippen LogP contribution in [0, 0.1) is 11.3 Å². The van der Waals surface area contributed by atoms with Crippen LogP contribution in [0.25, 0.3) is 6.08 Å². The van der Waals surface area contributed by atoms with Gasteiger partial charge in [0, 0.05) is 15.6 Å². The molecule has 0 aliphatic carbocycles. The molecule has 1 N–H and O–H groups in total. The minimum absolute atomic E-state index is 0.112. The number of carbonyl (C=O) groups is 1. The zero-order valence-corrected chi connectivity index (χ0v) is 19.1. The Labute approximate surface area is 199 Å². The lowest BCUT2D eigenvalue weighted by Gasteiger charge is -2.11. The van der Waals surface area contributed by atoms with Crippen molar-refractivity contribution in [2.24, 2.45) is 0 Å². The highest BCUT2D eigenvalue weighted by Crippen LogP contribution is 2.29. The molecule has 0 radical (unpaired) electrons. The number of benzene rings is 3. The van der Waals surface area contributed by atoms with E-state index in [1.807, 2.05) is 0 Å². The number of nitrogens with one attached hydrogen (secondary N) is 1. The molecule has 6 nitrogen and oxygen atoms in total. The second kappa shape index (κ2) is 10.1. The molecule has 0 bridgehead atoms. The first kappa shape index (κ1) is 23.6. The number of nitrogens with zero attached hydrogens (tertiary/aromatic N) is 1. The van der Waals surface area contributed by atoms with Crippen LogP contribution >= 0.6 is 34.8 Å². The SMILES string of the molecule is N#C/C(=C\c1cc(Cl)ccc1OS(=O)(=O)c1ccc(Cl)cc1)C(=O)Nc1ccccc1Cl. The standard InChI is InChI=1S/C22H13Cl3N2O4S/c23-16-5-8-18(9-6-16)32(29,30)31-21-10-7-17(24)12-14(21)11-15(13-26)22(28)27-20-4-2-1-3-19(20)25/h1-12H,(H,27,28)/b15-11+. The van der Waals surface area contributed by atoms with Gasteiger partial charge < -0.3 is 9.50 Å². The summed E-state index contributed by atoms with van der Waals surface area (Å²) in [6.07, 6.45) is 1.17. The zero-order chi connectivity index (χ0) is 23.3. The van der Waals surface area contributed by atoms with Crippen LogP contribution in [0.3, 0.4) is 0 Å². The van der Waals surface area contributed by atoms with Gasteiger partial charge in [-0.05, 0) is 60.7 Å². The van der Waals surface area contributed by atoms with Crippen LogP contribution in [0.1, 0.15) is 5.56 Å². The van der Waals surface area contributed by atoms with Gasteiger partial charge in [0.1, 0.15) is 22.3 Å². The van der Waals surface area contributed by atoms with Crippen molar-refractivity contribution in [3.63, 3.8) is 0 Å². The Morgan fingerprint density at radius 3 is 2.28 bits per heavy atom. The Hall–Kier alpha value is -3.02. The topological polar surface area (TPSA) is 96.3 Å². The molecule has 1 amide bonds. The summed E-state index contributed by atoms with van der Waals surface area (Å²) in [5, 5.41) is 12.9. The predicted octanol–water partition coefficient (Wildman–Crippen LogP) is 5.96. The lowest BCUT2D eigenvalue weighted by atomic mass is 10.1. The fraction of sp³-hybridized carbons (Fsp3) is 0. The maximum atomic E-state index is 12.6. The van der Waals surface area contributed by atoms with Crippen molar-refractivity contribution in [2.75, 3.05) is 5.32 Å². The average molecular weight is 508 g/mol. The molecule has 0 saturated carbocycles. The highest BCUT2D eigenvalue weighted by atomic mass is 35.5. The monoisotopic (exact) mass is 506 g/mol. The van der Waals surface area contributed by atoms with Crippen molar-refractivity contribution in [3.05, 3.63) is 92.9 Å². The number of nitriles is 1. The minimum atomic E-state index is -4.21. The van der Waals surface area contributed by atoms with Crippen molar-refractivity contribution >= 4 is 62.6 Å². The first-order valence-electron chi connectivity index (χ1n) is 8.87. The fourth-order valence-corrected chi connectivity index (χ4v) is 3.98. The molecule has 3 rings (SSSR count). The van der Waals surface area contributed by atoms with E-state index in [1.165, 1.54) is 48.5 Å². The Bertz CT molecular complexity index is 1350. The van der Waals surface area contributed by atoms with Gasteiger partial charge in [-0.2, -0.15) is 13.7 Å². The molecule has 0 saturated heterocycles. The summed E-state index contributed by atoms with van der Waals surface area (Å²) in [5.41, 5.74) is 0.107. The molecule has 0 fully saturated rings. The van der Waals surface area contributed by atoms with E-state index in [4.69, 9.17) is 39.0 Å². The van der Waals surface area contributed by atoms with Crippen molar-refractivity contribution in [1.29, 1.82) is 5.26 Å². The molecule has 10 heteroatoms. The van der Waals surface area contributed by atoms with Crippen molar-refractivity contribution in [1.82, 2.24) is 0 Å². The van der Waals surface area contributed by atoms with E-state index in [9.17, 15) is 18.5 Å². The van der Waals surface area contributed by atoms with Crippen LogP contribution < -0.4 is 9.50 Å². The summed E-state index contributed by atoms with van der Waals surface area (Å²) in [7, 11) is -4.21. The lowest BCUT2D eigenvalue weighted by Crippen LogP contribution is -2.14. The maximum absolute atomic E-state index is 12.6. The molecule has 0 heterocycles. The molecule has 0 aliphatic rings. The van der Waals surface area contributed by atoms with Gasteiger partial charge in [-0.3, -0.25) is 4.79 Å². The van der Waals surface area contributed by atoms with Crippen molar-refractivity contribution < 1.29 is 17.4 Å². The number of halogens is 3. The van der Waals surface area contributed by atoms with Gasteiger partial charge in [-0.1, -0.05) is 46.9 Å². The molecule has 0 aliphatic heterocycles. The molecule has 162 valence electrons. The summed E-state index contributed by atoms with van der Waals surface area (Å²) in [6, 6.07) is 17.8. The first-order valence-corrected chi connectivity index (χ1v) is 11.4. The van der Waals surface area contributed by atoms with Crippen molar-refractivity contribution in [3.8, 4) is 11.8 Å². The summed E-state index contributed by atoms with van der Waals surface area (Å²) < 4.78 is 30.5. The molecular formula is C22H13Cl3N2O4S. The Balaban J connectivity index is 1.95. The number of hydrogen-bond acceptors (Lipinski definition) is 5. The third-order valence-electron chi connectivity index (χ3n) is 4.06. The zero-order valence-electron chi connectivity index (χ0n) is 16.1. The van der Waals surface area contributed by atoms with E-state index >= 15 is 0 Å². The Morgan fingerprint density at radius 1 is 0.969 bits per heavy atom. The molecule has 0 atom stereocenters. The molecular weight excluding hydrogens is 495 g/mol. The molecule has 3 aromatic rings. The van der Waals surface area contributed by atoms with Gasteiger partial charge in [0.15, 0.2) is 0 Å². The maximum Gasteiger partial charge on any atom is 0.339 e. The predicted molar refractivity (Wildman–Crippen MR) is 124 cm³/mol. The number of para-hydroxylation sites is 1. The Kier molecular flexibility index (Phi) is 7.44. The smallest absolute Gasteiger partial charge is 0.339 e. The highest BCUT2D eigenvalue weighted by molar-refractivity contribution is 7.87. The van der Waals surface area contributed by atoms with E-state index in [0.717, 1.165) is 0 Å². The summed E-state index contributed by atoms with van der Waals surface area (Å²) >= 11 is 17.9. The van der Waals surface area contributed by atoms with Gasteiger partial charge in [0.2, 0.25) is 0 Å². The molecule has 0 unspecified atom stereocenters. The van der Waals surface area contributed by atoms with Crippen LogP contribution in [0.15, 0.2) is 77.2 Å². The van der Waals surface area contributed by atoms with Crippen molar-refractivity contribution in [2.45, 2.75) is 4.90 Å². The normalized spacial score (nSPS) is 11.5. The fourth-order valence-electron chi connectivity index (χ4n) is 2.53. The minimum Gasteiger partial charge on any atom is -0.378 e. The molecule has 0 aromatic heterocycles. The van der Waals surface area contributed by atoms with Crippen LogP contribution in [0.2, 0.25) is 15.1 Å². The van der Waals surface area contributed by atoms with Crippen LogP contribution in [0.4, 0.5) is 5.69 Å². The third kappa shape index (κ3) is 5.81. The van der Waals surface area contributed by atoms with Crippen LogP contribution in [-0.2, 0) is 14.9 Å². The van der Waals surface area contributed by atoms with E-state index in [1.54, 1.807) is 30.3 Å². The molecule has 0 spiro atoms. The summed E-state index contributed by atoms with van der Waals surface area (Å²) in [4.78, 5) is 12.4. The van der Waals surface area contributed by atoms with E-state index in [2.05, 4.69) is 5.32 Å². The quantitative estimate of drug-likeness (QED) is 0.252. The van der Waals surface area contributed by atoms with Gasteiger partial charge in [-0.15, -0.1) is 0 Å². The second-order valence-corrected chi connectivity index (χ2v) is 9.10. The van der Waals surface area contributed by atoms with Gasteiger partial charge in [0.25, 0.3) is 5.91 Å². The number of amides is 1. The average Bonchev–Trinajstić information content (AvgIpc) is 2.75. The van der Waals surface area contributed by atoms with Gasteiger partial charge in [-0.25, -0.2) is 0 Å².